The van der Waals surface area contributed by atoms with Gasteiger partial charge in [0.2, 0.25) is 0 Å². The number of carboxylic acids is 1. The Balaban J connectivity index is 0.00000480. The summed E-state index contributed by atoms with van der Waals surface area (Å²) in [5.41, 5.74) is 0.958. The molecule has 31 heavy (non-hydrogen) atoms. The van der Waals surface area contributed by atoms with Gasteiger partial charge in [0.15, 0.2) is 0 Å². The first kappa shape index (κ1) is 28.3. The van der Waals surface area contributed by atoms with Crippen LogP contribution in [-0.4, -0.2) is 86.3 Å². The van der Waals surface area contributed by atoms with Crippen molar-refractivity contribution in [3.05, 3.63) is 23.8 Å². The van der Waals surface area contributed by atoms with Gasteiger partial charge in [0.1, 0.15) is 6.10 Å². The fourth-order valence-corrected chi connectivity index (χ4v) is 4.53. The molecule has 0 spiro atoms. The van der Waals surface area contributed by atoms with Gasteiger partial charge in [-0.3, -0.25) is 9.59 Å². The van der Waals surface area contributed by atoms with Crippen molar-refractivity contribution in [1.82, 2.24) is 0 Å². The zero-order valence-corrected chi connectivity index (χ0v) is 21.1. The van der Waals surface area contributed by atoms with Gasteiger partial charge >= 0.3 is 11.9 Å². The van der Waals surface area contributed by atoms with Gasteiger partial charge in [-0.1, -0.05) is 39.0 Å². The van der Waals surface area contributed by atoms with Crippen molar-refractivity contribution in [1.29, 1.82) is 0 Å². The molecule has 0 aromatic carbocycles. The van der Waals surface area contributed by atoms with Gasteiger partial charge in [-0.2, -0.15) is 0 Å². The van der Waals surface area contributed by atoms with E-state index in [0.29, 0.717) is 25.7 Å². The van der Waals surface area contributed by atoms with Crippen molar-refractivity contribution >= 4 is 41.5 Å². The van der Waals surface area contributed by atoms with Crippen LogP contribution in [0.15, 0.2) is 23.8 Å². The molecule has 0 amide bonds. The number of carboxylic acid groups (broad SMARTS) is 1. The zero-order chi connectivity index (χ0) is 22.4. The number of fused-ring (bicyclic) bond motifs is 1. The van der Waals surface area contributed by atoms with Crippen LogP contribution in [0.25, 0.3) is 0 Å². The van der Waals surface area contributed by atoms with Crippen molar-refractivity contribution in [2.45, 2.75) is 83.7 Å². The second-order valence-corrected chi connectivity index (χ2v) is 8.85. The quantitative estimate of drug-likeness (QED) is 0.298. The number of aliphatic hydroxyl groups is 3. The van der Waals surface area contributed by atoms with E-state index in [9.17, 15) is 24.9 Å². The number of allylic oxidation sites excluding steroid dienone is 1. The summed E-state index contributed by atoms with van der Waals surface area (Å²) in [5, 5.41) is 39.3. The molecule has 1 radical (unpaired) electrons. The third-order valence-corrected chi connectivity index (χ3v) is 6.57. The Labute approximate surface area is 206 Å². The van der Waals surface area contributed by atoms with E-state index < -0.39 is 30.7 Å². The fourth-order valence-electron chi connectivity index (χ4n) is 4.53. The molecular formula is C23H36NaO7. The average Bonchev–Trinajstić information content (AvgIpc) is 2.67. The van der Waals surface area contributed by atoms with E-state index in [2.05, 4.69) is 0 Å². The van der Waals surface area contributed by atoms with Gasteiger partial charge in [-0.25, -0.2) is 0 Å². The van der Waals surface area contributed by atoms with Crippen LogP contribution in [0.4, 0.5) is 0 Å². The van der Waals surface area contributed by atoms with Crippen LogP contribution in [0, 0.1) is 23.7 Å². The van der Waals surface area contributed by atoms with E-state index in [1.54, 1.807) is 0 Å². The standard InChI is InChI=1S/C23H36O7.Na/c1-4-13(2)23(29)30-20-7-5-6-15-10-19(26)14(3)18(22(15)20)9-8-16(24)11-17(25)12-21(27)28;/h5-6,10,13-14,16-20,22,24-26H,4,7-9,11-12H2,1-3H3,(H,27,28);/t13-,14+,16+,17+,18-,19-,20-,22-;/m1./s1. The Kier molecular flexibility index (Phi) is 12.0. The Hall–Kier alpha value is -0.700. The molecule has 0 saturated heterocycles. The molecule has 0 aliphatic heterocycles. The summed E-state index contributed by atoms with van der Waals surface area (Å²) < 4.78 is 5.86. The summed E-state index contributed by atoms with van der Waals surface area (Å²) in [5.74, 6) is -1.64. The Morgan fingerprint density at radius 2 is 1.94 bits per heavy atom. The van der Waals surface area contributed by atoms with E-state index in [1.807, 2.05) is 39.0 Å². The number of hydrogen-bond donors (Lipinski definition) is 4. The number of rotatable bonds is 10. The molecule has 0 aromatic rings. The molecule has 0 bridgehead atoms. The smallest absolute Gasteiger partial charge is 0.308 e. The molecule has 7 nitrogen and oxygen atoms in total. The summed E-state index contributed by atoms with van der Waals surface area (Å²) in [6.07, 6.45) is 4.79. The number of carbonyl (C=O) groups excluding carboxylic acids is 1. The largest absolute Gasteiger partial charge is 0.481 e. The SMILES string of the molecule is CC[C@@H](C)C(=O)O[C@@H]1CC=CC2=C[C@@H](O)[C@@H](C)[C@@H](CC[C@H](O)C[C@H](O)CC(=O)O)[C@@H]21.[Na]. The Morgan fingerprint density at radius 1 is 1.26 bits per heavy atom. The van der Waals surface area contributed by atoms with Crippen molar-refractivity contribution in [3.8, 4) is 0 Å². The van der Waals surface area contributed by atoms with Gasteiger partial charge in [-0.15, -0.1) is 0 Å². The predicted molar refractivity (Wildman–Crippen MR) is 117 cm³/mol. The minimum absolute atomic E-state index is 0. The molecule has 0 fully saturated rings. The third kappa shape index (κ3) is 7.98. The maximum absolute atomic E-state index is 12.4. The molecule has 171 valence electrons. The summed E-state index contributed by atoms with van der Waals surface area (Å²) in [6, 6.07) is 0. The third-order valence-electron chi connectivity index (χ3n) is 6.57. The average molecular weight is 448 g/mol. The number of aliphatic carboxylic acids is 1. The number of esters is 1. The van der Waals surface area contributed by atoms with E-state index in [4.69, 9.17) is 9.84 Å². The first-order valence-electron chi connectivity index (χ1n) is 11.0. The van der Waals surface area contributed by atoms with Gasteiger partial charge in [0, 0.05) is 41.9 Å². The van der Waals surface area contributed by atoms with E-state index in [0.717, 1.165) is 5.57 Å². The molecule has 4 N–H and O–H groups in total. The predicted octanol–water partition coefficient (Wildman–Crippen LogP) is 2.06. The van der Waals surface area contributed by atoms with Crippen LogP contribution < -0.4 is 0 Å². The monoisotopic (exact) mass is 447 g/mol. The molecule has 8 atom stereocenters. The van der Waals surface area contributed by atoms with Crippen molar-refractivity contribution < 1.29 is 34.8 Å². The molecule has 2 rings (SSSR count). The summed E-state index contributed by atoms with van der Waals surface area (Å²) in [6.45, 7) is 5.75. The maximum Gasteiger partial charge on any atom is 0.308 e. The number of carbonyl (C=O) groups is 2. The number of hydrogen-bond acceptors (Lipinski definition) is 6. The van der Waals surface area contributed by atoms with E-state index in [-0.39, 0.29) is 71.7 Å². The van der Waals surface area contributed by atoms with Crippen molar-refractivity contribution in [2.24, 2.45) is 23.7 Å². The summed E-state index contributed by atoms with van der Waals surface area (Å²) in [4.78, 5) is 23.1. The second-order valence-electron chi connectivity index (χ2n) is 8.85. The van der Waals surface area contributed by atoms with Crippen LogP contribution in [-0.2, 0) is 14.3 Å². The summed E-state index contributed by atoms with van der Waals surface area (Å²) in [7, 11) is 0. The van der Waals surface area contributed by atoms with Crippen LogP contribution in [0.5, 0.6) is 0 Å². The van der Waals surface area contributed by atoms with Gasteiger partial charge in [0.05, 0.1) is 30.7 Å². The number of aliphatic hydroxyl groups excluding tert-OH is 3. The van der Waals surface area contributed by atoms with Crippen LogP contribution in [0.3, 0.4) is 0 Å². The van der Waals surface area contributed by atoms with Gasteiger partial charge in [-0.05, 0) is 43.1 Å². The van der Waals surface area contributed by atoms with Crippen LogP contribution in [0.2, 0.25) is 0 Å². The fraction of sp³-hybridized carbons (Fsp3) is 0.739. The first-order chi connectivity index (χ1) is 14.1. The molecular weight excluding hydrogens is 411 g/mol. The minimum atomic E-state index is -1.10. The van der Waals surface area contributed by atoms with Crippen molar-refractivity contribution in [2.75, 3.05) is 0 Å². The van der Waals surface area contributed by atoms with Gasteiger partial charge in [0.25, 0.3) is 0 Å². The molecule has 2 aliphatic carbocycles. The maximum atomic E-state index is 12.4. The summed E-state index contributed by atoms with van der Waals surface area (Å²) >= 11 is 0. The topological polar surface area (TPSA) is 124 Å². The minimum Gasteiger partial charge on any atom is -0.481 e. The Morgan fingerprint density at radius 3 is 2.55 bits per heavy atom. The van der Waals surface area contributed by atoms with Crippen LogP contribution >= 0.6 is 0 Å². The molecule has 2 aliphatic rings. The molecule has 8 heteroatoms. The molecule has 0 saturated carbocycles. The molecule has 0 heterocycles. The molecule has 0 unspecified atom stereocenters. The van der Waals surface area contributed by atoms with Crippen LogP contribution in [0.1, 0.15) is 59.3 Å². The molecule has 0 aromatic heterocycles. The van der Waals surface area contributed by atoms with E-state index in [1.165, 1.54) is 0 Å². The second kappa shape index (κ2) is 13.1. The van der Waals surface area contributed by atoms with Crippen molar-refractivity contribution in [3.63, 3.8) is 0 Å². The van der Waals surface area contributed by atoms with Gasteiger partial charge < -0.3 is 25.2 Å². The first-order valence-corrected chi connectivity index (χ1v) is 11.0. The number of ether oxygens (including phenoxy) is 1. The normalized spacial score (nSPS) is 30.3. The van der Waals surface area contributed by atoms with E-state index >= 15 is 0 Å². The Bertz CT molecular complexity index is 662. The zero-order valence-electron chi connectivity index (χ0n) is 19.1.